The van der Waals surface area contributed by atoms with Gasteiger partial charge in [0.05, 0.1) is 17.4 Å². The molecule has 0 bridgehead atoms. The Kier molecular flexibility index (Phi) is 4.25. The minimum atomic E-state index is -0.0957. The number of aryl methyl sites for hydroxylation is 1. The third-order valence-corrected chi connectivity index (χ3v) is 4.15. The number of H-pyrrole nitrogens is 1. The first-order chi connectivity index (χ1) is 13.1. The van der Waals surface area contributed by atoms with Gasteiger partial charge in [-0.2, -0.15) is 5.10 Å². The van der Waals surface area contributed by atoms with Crippen LogP contribution in [-0.4, -0.2) is 26.1 Å². The highest BCUT2D eigenvalue weighted by Crippen LogP contribution is 2.25. The van der Waals surface area contributed by atoms with Crippen LogP contribution in [0.15, 0.2) is 54.9 Å². The summed E-state index contributed by atoms with van der Waals surface area (Å²) in [6.07, 6.45) is 3.57. The Morgan fingerprint density at radius 3 is 2.59 bits per heavy atom. The second-order valence-corrected chi connectivity index (χ2v) is 6.28. The van der Waals surface area contributed by atoms with Gasteiger partial charge in [0.15, 0.2) is 0 Å². The summed E-state index contributed by atoms with van der Waals surface area (Å²) >= 11 is 0. The highest BCUT2D eigenvalue weighted by molar-refractivity contribution is 5.89. The molecule has 7 nitrogen and oxygen atoms in total. The molecular weight excluding hydrogens is 340 g/mol. The summed E-state index contributed by atoms with van der Waals surface area (Å²) in [5.74, 6) is 0.419. The Labute approximate surface area is 155 Å². The molecule has 0 fully saturated rings. The van der Waals surface area contributed by atoms with E-state index >= 15 is 0 Å². The largest absolute Gasteiger partial charge is 0.326 e. The summed E-state index contributed by atoms with van der Waals surface area (Å²) < 4.78 is 0. The fourth-order valence-corrected chi connectivity index (χ4v) is 2.85. The number of nitrogens with zero attached hydrogens (tertiary/aromatic N) is 3. The number of carbonyl (C=O) groups is 1. The average molecular weight is 358 g/mol. The number of fused-ring (bicyclic) bond motifs is 1. The number of benzene rings is 2. The zero-order valence-corrected chi connectivity index (χ0v) is 14.9. The number of hydrogen-bond acceptors (Lipinski definition) is 5. The molecule has 0 saturated carbocycles. The Morgan fingerprint density at radius 2 is 1.81 bits per heavy atom. The van der Waals surface area contributed by atoms with Crippen LogP contribution < -0.4 is 10.6 Å². The lowest BCUT2D eigenvalue weighted by Crippen LogP contribution is -2.05. The van der Waals surface area contributed by atoms with Gasteiger partial charge in [0.1, 0.15) is 0 Å². The van der Waals surface area contributed by atoms with Crippen LogP contribution in [0.3, 0.4) is 0 Å². The zero-order chi connectivity index (χ0) is 18.8. The molecule has 2 aromatic carbocycles. The van der Waals surface area contributed by atoms with E-state index in [2.05, 4.69) is 30.8 Å². The molecule has 134 valence electrons. The van der Waals surface area contributed by atoms with Gasteiger partial charge in [-0.15, -0.1) is 0 Å². The number of aromatic nitrogens is 4. The van der Waals surface area contributed by atoms with Crippen LogP contribution in [0.4, 0.5) is 17.3 Å². The molecule has 0 radical (unpaired) electrons. The van der Waals surface area contributed by atoms with Gasteiger partial charge in [-0.05, 0) is 42.8 Å². The molecule has 2 aromatic heterocycles. The van der Waals surface area contributed by atoms with E-state index in [1.54, 1.807) is 12.4 Å². The lowest BCUT2D eigenvalue weighted by molar-refractivity contribution is -0.114. The number of carbonyl (C=O) groups excluding carboxylic acids is 1. The molecule has 4 aromatic rings. The molecule has 0 aliphatic rings. The molecule has 3 N–H and O–H groups in total. The van der Waals surface area contributed by atoms with E-state index in [9.17, 15) is 4.79 Å². The van der Waals surface area contributed by atoms with Gasteiger partial charge >= 0.3 is 0 Å². The number of aromatic amines is 1. The maximum absolute atomic E-state index is 11.2. The topological polar surface area (TPSA) is 95.6 Å². The molecule has 4 rings (SSSR count). The van der Waals surface area contributed by atoms with Gasteiger partial charge in [0.2, 0.25) is 11.9 Å². The molecule has 7 heteroatoms. The minimum Gasteiger partial charge on any atom is -0.326 e. The van der Waals surface area contributed by atoms with Crippen LogP contribution >= 0.6 is 0 Å². The van der Waals surface area contributed by atoms with E-state index in [0.29, 0.717) is 5.95 Å². The lowest BCUT2D eigenvalue weighted by Gasteiger charge is -2.10. The first-order valence-corrected chi connectivity index (χ1v) is 8.50. The molecule has 0 spiro atoms. The van der Waals surface area contributed by atoms with Crippen LogP contribution in [0.25, 0.3) is 22.2 Å². The normalized spacial score (nSPS) is 10.7. The molecule has 0 unspecified atom stereocenters. The third-order valence-electron chi connectivity index (χ3n) is 4.15. The van der Waals surface area contributed by atoms with Crippen molar-refractivity contribution in [1.82, 2.24) is 20.2 Å². The Bertz CT molecular complexity index is 1120. The molecule has 2 heterocycles. The average Bonchev–Trinajstić information content (AvgIpc) is 3.11. The summed E-state index contributed by atoms with van der Waals surface area (Å²) in [7, 11) is 0. The van der Waals surface area contributed by atoms with Crippen molar-refractivity contribution in [3.8, 4) is 11.3 Å². The minimum absolute atomic E-state index is 0.0957. The van der Waals surface area contributed by atoms with Crippen LogP contribution in [0, 0.1) is 6.92 Å². The van der Waals surface area contributed by atoms with Crippen molar-refractivity contribution in [2.45, 2.75) is 13.8 Å². The highest BCUT2D eigenvalue weighted by Gasteiger charge is 2.08. The van der Waals surface area contributed by atoms with Crippen LogP contribution in [0.2, 0.25) is 0 Å². The van der Waals surface area contributed by atoms with Crippen molar-refractivity contribution >= 4 is 34.1 Å². The summed E-state index contributed by atoms with van der Waals surface area (Å²) in [6, 6.07) is 13.5. The predicted molar refractivity (Wildman–Crippen MR) is 106 cm³/mol. The summed E-state index contributed by atoms with van der Waals surface area (Å²) in [4.78, 5) is 20.2. The van der Waals surface area contributed by atoms with Crippen molar-refractivity contribution in [3.63, 3.8) is 0 Å². The number of nitrogens with one attached hydrogen (secondary N) is 3. The van der Waals surface area contributed by atoms with Crippen molar-refractivity contribution < 1.29 is 4.79 Å². The fourth-order valence-electron chi connectivity index (χ4n) is 2.85. The van der Waals surface area contributed by atoms with E-state index in [-0.39, 0.29) is 5.91 Å². The zero-order valence-electron chi connectivity index (χ0n) is 14.9. The van der Waals surface area contributed by atoms with Crippen LogP contribution in [0.1, 0.15) is 12.5 Å². The molecule has 0 saturated heterocycles. The predicted octanol–water partition coefficient (Wildman–Crippen LogP) is 4.03. The summed E-state index contributed by atoms with van der Waals surface area (Å²) in [5.41, 5.74) is 5.34. The molecular formula is C20H18N6O. The first kappa shape index (κ1) is 16.7. The number of amides is 1. The maximum Gasteiger partial charge on any atom is 0.227 e. The molecule has 27 heavy (non-hydrogen) atoms. The van der Waals surface area contributed by atoms with E-state index in [0.717, 1.165) is 39.1 Å². The smallest absolute Gasteiger partial charge is 0.227 e. The fraction of sp³-hybridized carbons (Fsp3) is 0.100. The number of anilines is 3. The van der Waals surface area contributed by atoms with Crippen molar-refractivity contribution in [1.29, 1.82) is 0 Å². The second kappa shape index (κ2) is 6.87. The molecule has 1 amide bonds. The van der Waals surface area contributed by atoms with Gasteiger partial charge in [0.25, 0.3) is 0 Å². The first-order valence-electron chi connectivity index (χ1n) is 8.50. The Balaban J connectivity index is 1.61. The van der Waals surface area contributed by atoms with Gasteiger partial charge in [0, 0.05) is 35.4 Å². The highest BCUT2D eigenvalue weighted by atomic mass is 16.1. The van der Waals surface area contributed by atoms with Gasteiger partial charge < -0.3 is 10.6 Å². The van der Waals surface area contributed by atoms with E-state index in [1.165, 1.54) is 6.92 Å². The van der Waals surface area contributed by atoms with Gasteiger partial charge in [-0.25, -0.2) is 9.97 Å². The number of rotatable bonds is 4. The molecule has 0 aliphatic carbocycles. The van der Waals surface area contributed by atoms with E-state index in [4.69, 9.17) is 0 Å². The van der Waals surface area contributed by atoms with E-state index < -0.39 is 0 Å². The van der Waals surface area contributed by atoms with Crippen molar-refractivity contribution in [2.24, 2.45) is 0 Å². The molecule has 0 atom stereocenters. The van der Waals surface area contributed by atoms with Crippen LogP contribution in [0.5, 0.6) is 0 Å². The lowest BCUT2D eigenvalue weighted by atomic mass is 10.1. The standard InChI is InChI=1S/C20H18N6O/c1-12-10-21-20(24-17-8-5-15-11-22-26-18(15)9-17)25-19(12)14-3-6-16(7-4-14)23-13(2)27/h3-11H,1-2H3,(H,22,26)(H,23,27)(H,21,24,25). The van der Waals surface area contributed by atoms with Crippen LogP contribution in [-0.2, 0) is 4.79 Å². The second-order valence-electron chi connectivity index (χ2n) is 6.28. The summed E-state index contributed by atoms with van der Waals surface area (Å²) in [6.45, 7) is 3.46. The van der Waals surface area contributed by atoms with Crippen molar-refractivity contribution in [2.75, 3.05) is 10.6 Å². The van der Waals surface area contributed by atoms with E-state index in [1.807, 2.05) is 49.4 Å². The Morgan fingerprint density at radius 1 is 1.04 bits per heavy atom. The monoisotopic (exact) mass is 358 g/mol. The van der Waals surface area contributed by atoms with Gasteiger partial charge in [-0.1, -0.05) is 12.1 Å². The number of hydrogen-bond donors (Lipinski definition) is 3. The summed E-state index contributed by atoms with van der Waals surface area (Å²) in [5, 5.41) is 14.0. The quantitative estimate of drug-likeness (QED) is 0.512. The Hall–Kier alpha value is -3.74. The third kappa shape index (κ3) is 3.62. The van der Waals surface area contributed by atoms with Crippen molar-refractivity contribution in [3.05, 3.63) is 60.4 Å². The van der Waals surface area contributed by atoms with Gasteiger partial charge in [-0.3, -0.25) is 9.89 Å². The maximum atomic E-state index is 11.2. The molecule has 0 aliphatic heterocycles. The SMILES string of the molecule is CC(=O)Nc1ccc(-c2nc(Nc3ccc4cn[nH]c4c3)ncc2C)cc1.